The normalized spacial score (nSPS) is 24.6. The van der Waals surface area contributed by atoms with Gasteiger partial charge in [-0.2, -0.15) is 0 Å². The summed E-state index contributed by atoms with van der Waals surface area (Å²) in [6.45, 7) is 6.34. The molecule has 0 aromatic heterocycles. The molecule has 1 aliphatic rings. The van der Waals surface area contributed by atoms with E-state index in [1.807, 2.05) is 0 Å². The molecule has 1 fully saturated rings. The molecule has 1 saturated heterocycles. The number of nitrogens with two attached hydrogens (primary N) is 1. The number of hydrogen-bond acceptors (Lipinski definition) is 2. The van der Waals surface area contributed by atoms with E-state index in [1.165, 1.54) is 12.1 Å². The van der Waals surface area contributed by atoms with E-state index in [9.17, 15) is 8.78 Å². The van der Waals surface area contributed by atoms with Crippen molar-refractivity contribution in [3.8, 4) is 0 Å². The lowest BCUT2D eigenvalue weighted by Crippen LogP contribution is -2.33. The van der Waals surface area contributed by atoms with E-state index in [0.717, 1.165) is 25.1 Å². The van der Waals surface area contributed by atoms with Gasteiger partial charge >= 0.3 is 0 Å². The third-order valence-electron chi connectivity index (χ3n) is 3.68. The first-order valence-electron chi connectivity index (χ1n) is 6.86. The molecule has 4 heteroatoms. The average molecular weight is 268 g/mol. The molecule has 19 heavy (non-hydrogen) atoms. The average Bonchev–Trinajstić information content (AvgIpc) is 2.70. The molecule has 2 atom stereocenters. The number of nitrogens with zero attached hydrogens (tertiary/aromatic N) is 1. The minimum absolute atomic E-state index is 0.0747. The predicted octanol–water partition coefficient (Wildman–Crippen LogP) is 3.35. The van der Waals surface area contributed by atoms with E-state index in [-0.39, 0.29) is 17.6 Å². The molecule has 0 radical (unpaired) electrons. The van der Waals surface area contributed by atoms with Gasteiger partial charge in [0.15, 0.2) is 0 Å². The Labute approximate surface area is 113 Å². The van der Waals surface area contributed by atoms with Crippen molar-refractivity contribution < 1.29 is 8.78 Å². The summed E-state index contributed by atoms with van der Waals surface area (Å²) in [7, 11) is 0. The molecule has 106 valence electrons. The number of halogens is 2. The summed E-state index contributed by atoms with van der Waals surface area (Å²) < 4.78 is 25.1. The Morgan fingerprint density at radius 2 is 1.89 bits per heavy atom. The van der Waals surface area contributed by atoms with Gasteiger partial charge in [0.25, 0.3) is 6.43 Å². The number of benzene rings is 1. The van der Waals surface area contributed by atoms with Crippen LogP contribution < -0.4 is 5.73 Å². The lowest BCUT2D eigenvalue weighted by Gasteiger charge is -2.28. The number of hydrogen-bond donors (Lipinski definition) is 1. The lowest BCUT2D eigenvalue weighted by atomic mass is 9.99. The maximum Gasteiger partial charge on any atom is 0.263 e. The van der Waals surface area contributed by atoms with Gasteiger partial charge in [-0.25, -0.2) is 8.78 Å². The maximum atomic E-state index is 12.6. The zero-order valence-corrected chi connectivity index (χ0v) is 11.5. The van der Waals surface area contributed by atoms with E-state index < -0.39 is 6.43 Å². The summed E-state index contributed by atoms with van der Waals surface area (Å²) in [6.07, 6.45) is -1.44. The van der Waals surface area contributed by atoms with Crippen molar-refractivity contribution in [1.82, 2.24) is 4.90 Å². The quantitative estimate of drug-likeness (QED) is 0.907. The van der Waals surface area contributed by atoms with E-state index >= 15 is 0 Å². The third kappa shape index (κ3) is 3.31. The highest BCUT2D eigenvalue weighted by Crippen LogP contribution is 2.32. The van der Waals surface area contributed by atoms with Crippen LogP contribution in [-0.4, -0.2) is 24.0 Å². The van der Waals surface area contributed by atoms with Crippen molar-refractivity contribution in [2.75, 3.05) is 13.1 Å². The summed E-state index contributed by atoms with van der Waals surface area (Å²) in [4.78, 5) is 2.37. The van der Waals surface area contributed by atoms with Crippen molar-refractivity contribution in [3.63, 3.8) is 0 Å². The van der Waals surface area contributed by atoms with E-state index in [1.54, 1.807) is 12.1 Å². The second-order valence-electron chi connectivity index (χ2n) is 5.75. The maximum absolute atomic E-state index is 12.6. The van der Waals surface area contributed by atoms with Crippen LogP contribution in [0.1, 0.15) is 43.9 Å². The van der Waals surface area contributed by atoms with Crippen molar-refractivity contribution in [2.24, 2.45) is 11.7 Å². The zero-order chi connectivity index (χ0) is 14.0. The second-order valence-corrected chi connectivity index (χ2v) is 5.75. The number of alkyl halides is 2. The number of rotatable bonds is 4. The molecule has 2 nitrogen and oxygen atoms in total. The van der Waals surface area contributed by atoms with Crippen LogP contribution in [0.4, 0.5) is 8.78 Å². The molecule has 2 N–H and O–H groups in total. The van der Waals surface area contributed by atoms with Crippen LogP contribution in [0.2, 0.25) is 0 Å². The monoisotopic (exact) mass is 268 g/mol. The van der Waals surface area contributed by atoms with Gasteiger partial charge in [0.05, 0.1) is 0 Å². The molecule has 0 amide bonds. The minimum atomic E-state index is -2.40. The fourth-order valence-electron chi connectivity index (χ4n) is 2.85. The predicted molar refractivity (Wildman–Crippen MR) is 73.1 cm³/mol. The van der Waals surface area contributed by atoms with Crippen LogP contribution >= 0.6 is 0 Å². The summed E-state index contributed by atoms with van der Waals surface area (Å²) in [5, 5.41) is 0. The highest BCUT2D eigenvalue weighted by molar-refractivity contribution is 5.27. The fourth-order valence-corrected chi connectivity index (χ4v) is 2.85. The van der Waals surface area contributed by atoms with Crippen LogP contribution in [0.25, 0.3) is 0 Å². The van der Waals surface area contributed by atoms with Gasteiger partial charge in [-0.1, -0.05) is 38.1 Å². The van der Waals surface area contributed by atoms with Crippen LogP contribution in [0, 0.1) is 5.92 Å². The van der Waals surface area contributed by atoms with Crippen molar-refractivity contribution in [1.29, 1.82) is 0 Å². The summed E-state index contributed by atoms with van der Waals surface area (Å²) in [5.74, 6) is 0.577. The largest absolute Gasteiger partial charge is 0.326 e. The van der Waals surface area contributed by atoms with Crippen LogP contribution in [0.3, 0.4) is 0 Å². The molecule has 1 aliphatic heterocycles. The second kappa shape index (κ2) is 5.97. The van der Waals surface area contributed by atoms with Crippen molar-refractivity contribution >= 4 is 0 Å². The molecule has 0 spiro atoms. The molecule has 1 aromatic carbocycles. The molecular formula is C15H22F2N2. The van der Waals surface area contributed by atoms with Crippen LogP contribution in [0.5, 0.6) is 0 Å². The van der Waals surface area contributed by atoms with E-state index in [4.69, 9.17) is 5.73 Å². The van der Waals surface area contributed by atoms with Gasteiger partial charge in [0.2, 0.25) is 0 Å². The first-order chi connectivity index (χ1) is 8.99. The summed E-state index contributed by atoms with van der Waals surface area (Å²) in [5.41, 5.74) is 7.31. The van der Waals surface area contributed by atoms with Crippen molar-refractivity contribution in [2.45, 2.75) is 38.8 Å². The van der Waals surface area contributed by atoms with Crippen LogP contribution in [-0.2, 0) is 0 Å². The minimum Gasteiger partial charge on any atom is -0.326 e. The first kappa shape index (κ1) is 14.4. The highest BCUT2D eigenvalue weighted by Gasteiger charge is 2.32. The zero-order valence-electron chi connectivity index (χ0n) is 11.5. The molecule has 0 saturated carbocycles. The molecule has 0 bridgehead atoms. The van der Waals surface area contributed by atoms with Gasteiger partial charge < -0.3 is 5.73 Å². The van der Waals surface area contributed by atoms with E-state index in [2.05, 4.69) is 18.7 Å². The Kier molecular flexibility index (Phi) is 4.53. The van der Waals surface area contributed by atoms with Gasteiger partial charge in [-0.15, -0.1) is 0 Å². The van der Waals surface area contributed by atoms with Crippen molar-refractivity contribution in [3.05, 3.63) is 35.4 Å². The van der Waals surface area contributed by atoms with E-state index in [0.29, 0.717) is 5.92 Å². The number of likely N-dealkylation sites (tertiary alicyclic amines) is 1. The Bertz CT molecular complexity index is 403. The highest BCUT2D eigenvalue weighted by atomic mass is 19.3. The lowest BCUT2D eigenvalue weighted by molar-refractivity contribution is 0.151. The van der Waals surface area contributed by atoms with Gasteiger partial charge in [0.1, 0.15) is 0 Å². The Hall–Kier alpha value is -1.00. The first-order valence-corrected chi connectivity index (χ1v) is 6.86. The molecule has 1 heterocycles. The smallest absolute Gasteiger partial charge is 0.263 e. The van der Waals surface area contributed by atoms with Gasteiger partial charge in [0, 0.05) is 30.7 Å². The van der Waals surface area contributed by atoms with Gasteiger partial charge in [-0.3, -0.25) is 4.90 Å². The molecule has 1 aromatic rings. The molecule has 2 unspecified atom stereocenters. The molecular weight excluding hydrogens is 246 g/mol. The summed E-state index contributed by atoms with van der Waals surface area (Å²) >= 11 is 0. The Balaban J connectivity index is 2.17. The summed E-state index contributed by atoms with van der Waals surface area (Å²) in [6, 6.07) is 6.87. The Morgan fingerprint density at radius 3 is 2.42 bits per heavy atom. The Morgan fingerprint density at radius 1 is 1.26 bits per heavy atom. The topological polar surface area (TPSA) is 29.3 Å². The van der Waals surface area contributed by atoms with Gasteiger partial charge in [-0.05, 0) is 17.9 Å². The SMILES string of the molecule is CC(C)CN1CCC(N)C1c1ccc(C(F)F)cc1. The fraction of sp³-hybridized carbons (Fsp3) is 0.600. The molecule has 0 aliphatic carbocycles. The third-order valence-corrected chi connectivity index (χ3v) is 3.68. The standard InChI is InChI=1S/C15H22F2N2/c1-10(2)9-19-8-7-13(18)14(19)11-3-5-12(6-4-11)15(16)17/h3-6,10,13-15H,7-9,18H2,1-2H3. The van der Waals surface area contributed by atoms with Crippen LogP contribution in [0.15, 0.2) is 24.3 Å². The molecule has 2 rings (SSSR count).